The molecular formula is C19H15ClFN3O4. The predicted molar refractivity (Wildman–Crippen MR) is 98.5 cm³/mol. The smallest absolute Gasteiger partial charge is 0.325 e. The molecule has 1 spiro atoms. The van der Waals surface area contributed by atoms with Crippen LogP contribution in [0.3, 0.4) is 0 Å². The molecule has 2 heterocycles. The number of fused-ring (bicyclic) bond motifs is 2. The Kier molecular flexibility index (Phi) is 4.43. The zero-order valence-electron chi connectivity index (χ0n) is 14.5. The summed E-state index contributed by atoms with van der Waals surface area (Å²) in [5.74, 6) is -1.22. The van der Waals surface area contributed by atoms with E-state index in [-0.39, 0.29) is 23.7 Å². The van der Waals surface area contributed by atoms with Crippen molar-refractivity contribution in [2.45, 2.75) is 12.0 Å². The SMILES string of the molecule is O=C(CN1C(=O)N[C@@]2(CCOc3ccccc32)C1=O)Nc1ccc(F)c(Cl)c1. The van der Waals surface area contributed by atoms with E-state index >= 15 is 0 Å². The maximum absolute atomic E-state index is 13.2. The van der Waals surface area contributed by atoms with Gasteiger partial charge >= 0.3 is 6.03 Å². The number of carbonyl (C=O) groups excluding carboxylic acids is 3. The van der Waals surface area contributed by atoms with E-state index in [0.717, 1.165) is 11.0 Å². The van der Waals surface area contributed by atoms with Crippen molar-refractivity contribution in [1.82, 2.24) is 10.2 Å². The number of hydrogen-bond acceptors (Lipinski definition) is 4. The Bertz CT molecular complexity index is 999. The number of rotatable bonds is 3. The van der Waals surface area contributed by atoms with Crippen molar-refractivity contribution in [3.63, 3.8) is 0 Å². The van der Waals surface area contributed by atoms with Crippen molar-refractivity contribution in [2.24, 2.45) is 0 Å². The molecule has 0 unspecified atom stereocenters. The number of nitrogens with one attached hydrogen (secondary N) is 2. The Morgan fingerprint density at radius 3 is 2.86 bits per heavy atom. The Balaban J connectivity index is 1.54. The second kappa shape index (κ2) is 6.79. The summed E-state index contributed by atoms with van der Waals surface area (Å²) in [5, 5.41) is 5.07. The van der Waals surface area contributed by atoms with Crippen LogP contribution in [-0.4, -0.2) is 35.9 Å². The standard InChI is InChI=1S/C19H15ClFN3O4/c20-13-9-11(5-6-14(13)21)22-16(25)10-24-17(26)19(23-18(24)27)7-8-28-15-4-2-1-3-12(15)19/h1-6,9H,7-8,10H2,(H,22,25)(H,23,27)/t19-/m1/s1. The minimum Gasteiger partial charge on any atom is -0.493 e. The predicted octanol–water partition coefficient (Wildman–Crippen LogP) is 2.65. The first-order chi connectivity index (χ1) is 13.4. The third-order valence-corrected chi connectivity index (χ3v) is 5.05. The van der Waals surface area contributed by atoms with Gasteiger partial charge in [-0.3, -0.25) is 14.5 Å². The molecule has 0 aliphatic carbocycles. The van der Waals surface area contributed by atoms with Crippen molar-refractivity contribution in [3.05, 3.63) is 58.9 Å². The normalized spacial score (nSPS) is 20.6. The number of urea groups is 1. The molecule has 1 saturated heterocycles. The molecule has 0 radical (unpaired) electrons. The highest BCUT2D eigenvalue weighted by Crippen LogP contribution is 2.40. The van der Waals surface area contributed by atoms with Gasteiger partial charge in [-0.15, -0.1) is 0 Å². The summed E-state index contributed by atoms with van der Waals surface area (Å²) >= 11 is 5.69. The molecule has 2 aliphatic rings. The largest absolute Gasteiger partial charge is 0.493 e. The fourth-order valence-corrected chi connectivity index (χ4v) is 3.61. The van der Waals surface area contributed by atoms with Gasteiger partial charge in [0.1, 0.15) is 18.1 Å². The number of amides is 4. The third-order valence-electron chi connectivity index (χ3n) is 4.76. The molecule has 4 amide bonds. The number of carbonyl (C=O) groups is 3. The van der Waals surface area contributed by atoms with Crippen molar-refractivity contribution in [2.75, 3.05) is 18.5 Å². The highest BCUT2D eigenvalue weighted by Gasteiger charge is 2.55. The van der Waals surface area contributed by atoms with Gasteiger partial charge in [-0.1, -0.05) is 29.8 Å². The minimum atomic E-state index is -1.24. The van der Waals surface area contributed by atoms with E-state index in [0.29, 0.717) is 11.3 Å². The first-order valence-corrected chi connectivity index (χ1v) is 8.90. The molecular weight excluding hydrogens is 389 g/mol. The fourth-order valence-electron chi connectivity index (χ4n) is 3.43. The maximum Gasteiger partial charge on any atom is 0.325 e. The summed E-state index contributed by atoms with van der Waals surface area (Å²) in [6.07, 6.45) is 0.264. The molecule has 1 fully saturated rings. The Morgan fingerprint density at radius 2 is 2.07 bits per heavy atom. The van der Waals surface area contributed by atoms with Gasteiger partial charge in [-0.2, -0.15) is 0 Å². The first-order valence-electron chi connectivity index (χ1n) is 8.52. The third kappa shape index (κ3) is 2.95. The molecule has 0 saturated carbocycles. The van der Waals surface area contributed by atoms with E-state index in [2.05, 4.69) is 10.6 Å². The van der Waals surface area contributed by atoms with Crippen molar-refractivity contribution in [3.8, 4) is 5.75 Å². The lowest BCUT2D eigenvalue weighted by Crippen LogP contribution is -2.48. The number of ether oxygens (including phenoxy) is 1. The lowest BCUT2D eigenvalue weighted by molar-refractivity contribution is -0.135. The molecule has 7 nitrogen and oxygen atoms in total. The van der Waals surface area contributed by atoms with Crippen LogP contribution < -0.4 is 15.4 Å². The molecule has 0 bridgehead atoms. The number of nitrogens with zero attached hydrogens (tertiary/aromatic N) is 1. The summed E-state index contributed by atoms with van der Waals surface area (Å²) in [6.45, 7) is -0.221. The topological polar surface area (TPSA) is 87.7 Å². The molecule has 28 heavy (non-hydrogen) atoms. The second-order valence-electron chi connectivity index (χ2n) is 6.50. The Labute approximate surface area is 164 Å². The lowest BCUT2D eigenvalue weighted by atomic mass is 9.84. The fraction of sp³-hybridized carbons (Fsp3) is 0.211. The van der Waals surface area contributed by atoms with Crippen LogP contribution in [0.2, 0.25) is 5.02 Å². The summed E-state index contributed by atoms with van der Waals surface area (Å²) in [6, 6.07) is 10.0. The number of halogens is 2. The number of anilines is 1. The summed E-state index contributed by atoms with van der Waals surface area (Å²) in [4.78, 5) is 38.7. The van der Waals surface area contributed by atoms with Crippen LogP contribution in [0.15, 0.2) is 42.5 Å². The van der Waals surface area contributed by atoms with Crippen LogP contribution in [0.4, 0.5) is 14.9 Å². The van der Waals surface area contributed by atoms with Gasteiger partial charge in [0.2, 0.25) is 5.91 Å². The average molecular weight is 404 g/mol. The van der Waals surface area contributed by atoms with Crippen LogP contribution in [-0.2, 0) is 15.1 Å². The minimum absolute atomic E-state index is 0.148. The van der Waals surface area contributed by atoms with Gasteiger partial charge in [0.15, 0.2) is 5.54 Å². The zero-order chi connectivity index (χ0) is 19.9. The van der Waals surface area contributed by atoms with Crippen LogP contribution >= 0.6 is 11.6 Å². The van der Waals surface area contributed by atoms with E-state index in [4.69, 9.17) is 16.3 Å². The van der Waals surface area contributed by atoms with E-state index in [1.807, 2.05) is 0 Å². The molecule has 2 N–H and O–H groups in total. The van der Waals surface area contributed by atoms with Crippen molar-refractivity contribution < 1.29 is 23.5 Å². The molecule has 2 aliphatic heterocycles. The van der Waals surface area contributed by atoms with Crippen LogP contribution in [0.1, 0.15) is 12.0 Å². The number of para-hydroxylation sites is 1. The quantitative estimate of drug-likeness (QED) is 0.771. The Hall–Kier alpha value is -3.13. The van der Waals surface area contributed by atoms with Gasteiger partial charge in [-0.05, 0) is 24.3 Å². The summed E-state index contributed by atoms with van der Waals surface area (Å²) in [5.41, 5.74) is -0.423. The van der Waals surface area contributed by atoms with Gasteiger partial charge in [0.25, 0.3) is 5.91 Å². The zero-order valence-corrected chi connectivity index (χ0v) is 15.3. The molecule has 0 aromatic heterocycles. The summed E-state index contributed by atoms with van der Waals surface area (Å²) in [7, 11) is 0. The number of imide groups is 1. The van der Waals surface area contributed by atoms with E-state index in [1.54, 1.807) is 24.3 Å². The summed E-state index contributed by atoms with van der Waals surface area (Å²) < 4.78 is 18.8. The van der Waals surface area contributed by atoms with Gasteiger partial charge in [0.05, 0.1) is 11.6 Å². The van der Waals surface area contributed by atoms with Crippen molar-refractivity contribution in [1.29, 1.82) is 0 Å². The van der Waals surface area contributed by atoms with E-state index in [1.165, 1.54) is 12.1 Å². The van der Waals surface area contributed by atoms with Crippen LogP contribution in [0, 0.1) is 5.82 Å². The molecule has 2 aromatic carbocycles. The van der Waals surface area contributed by atoms with Crippen molar-refractivity contribution >= 4 is 35.1 Å². The van der Waals surface area contributed by atoms with Crippen LogP contribution in [0.5, 0.6) is 5.75 Å². The van der Waals surface area contributed by atoms with Gasteiger partial charge < -0.3 is 15.4 Å². The molecule has 4 rings (SSSR count). The average Bonchev–Trinajstić information content (AvgIpc) is 2.90. The highest BCUT2D eigenvalue weighted by atomic mass is 35.5. The molecule has 9 heteroatoms. The first kappa shape index (κ1) is 18.2. The highest BCUT2D eigenvalue weighted by molar-refractivity contribution is 6.31. The maximum atomic E-state index is 13.2. The van der Waals surface area contributed by atoms with E-state index < -0.39 is 35.7 Å². The number of benzene rings is 2. The van der Waals surface area contributed by atoms with Gasteiger partial charge in [0, 0.05) is 17.7 Å². The Morgan fingerprint density at radius 1 is 1.29 bits per heavy atom. The molecule has 144 valence electrons. The lowest BCUT2D eigenvalue weighted by Gasteiger charge is -2.33. The van der Waals surface area contributed by atoms with Crippen LogP contribution in [0.25, 0.3) is 0 Å². The monoisotopic (exact) mass is 403 g/mol. The number of hydrogen-bond donors (Lipinski definition) is 2. The van der Waals surface area contributed by atoms with Gasteiger partial charge in [-0.25, -0.2) is 9.18 Å². The van der Waals surface area contributed by atoms with E-state index in [9.17, 15) is 18.8 Å². The molecule has 1 atom stereocenters. The molecule has 2 aromatic rings. The second-order valence-corrected chi connectivity index (χ2v) is 6.91.